The molecule has 0 radical (unpaired) electrons. The molecule has 0 saturated carbocycles. The van der Waals surface area contributed by atoms with Crippen molar-refractivity contribution in [3.63, 3.8) is 0 Å². The lowest BCUT2D eigenvalue weighted by Gasteiger charge is -2.50. The minimum atomic E-state index is -0.718. The topological polar surface area (TPSA) is 34.1 Å². The van der Waals surface area contributed by atoms with Gasteiger partial charge < -0.3 is 0 Å². The van der Waals surface area contributed by atoms with Crippen LogP contribution in [0.4, 0.5) is 0 Å². The quantitative estimate of drug-likeness (QED) is 0.567. The molecular weight excluding hydrogens is 402 g/mol. The van der Waals surface area contributed by atoms with Gasteiger partial charge in [0, 0.05) is 22.3 Å². The zero-order chi connectivity index (χ0) is 18.1. The molecule has 132 valence electrons. The summed E-state index contributed by atoms with van der Waals surface area (Å²) in [5, 5.41) is -0.663. The smallest absolute Gasteiger partial charge is 0.182 e. The fourth-order valence-corrected chi connectivity index (χ4v) is 6.48. The highest BCUT2D eigenvalue weighted by atomic mass is 35.5. The number of hydrogen-bond donors (Lipinski definition) is 0. The standard InChI is InChI=1S/C19H16Cl4O2/c1-18-5-4-10-14(15(18)16(25)12(22)7-18)13(24)6-9-2-3-11(21)17(23)19(9,10)8-20/h2-3,6-7,11,15,17H,4-5,8H2,1H3/t11?,15?,17-,18-,19+/m1/s1. The number of allylic oxidation sites excluding steroid dienone is 8. The largest absolute Gasteiger partial charge is 0.292 e. The predicted octanol–water partition coefficient (Wildman–Crippen LogP) is 4.92. The lowest BCUT2D eigenvalue weighted by Crippen LogP contribution is -2.50. The number of rotatable bonds is 1. The summed E-state index contributed by atoms with van der Waals surface area (Å²) in [6, 6.07) is 0. The first-order chi connectivity index (χ1) is 11.8. The van der Waals surface area contributed by atoms with Crippen LogP contribution in [-0.4, -0.2) is 28.2 Å². The SMILES string of the molecule is C[C@@]12C=C(Cl)C(=O)C1C1=C(CC2)[C@]2(CCl)C(=CC1=O)C=CC(Cl)[C@H]2Cl. The van der Waals surface area contributed by atoms with Crippen LogP contribution >= 0.6 is 46.4 Å². The highest BCUT2D eigenvalue weighted by Crippen LogP contribution is 2.60. The van der Waals surface area contributed by atoms with Gasteiger partial charge in [0.25, 0.3) is 0 Å². The normalized spacial score (nSPS) is 42.7. The van der Waals surface area contributed by atoms with Crippen LogP contribution in [-0.2, 0) is 9.59 Å². The van der Waals surface area contributed by atoms with Crippen molar-refractivity contribution < 1.29 is 9.59 Å². The Morgan fingerprint density at radius 2 is 2.00 bits per heavy atom. The molecule has 0 aromatic heterocycles. The molecule has 0 spiro atoms. The van der Waals surface area contributed by atoms with Crippen LogP contribution in [0, 0.1) is 16.7 Å². The van der Waals surface area contributed by atoms with Crippen LogP contribution < -0.4 is 0 Å². The van der Waals surface area contributed by atoms with Crippen molar-refractivity contribution in [3.05, 3.63) is 46.1 Å². The Morgan fingerprint density at radius 3 is 2.68 bits per heavy atom. The number of ketones is 2. The number of halogens is 4. The molecule has 4 rings (SSSR count). The third-order valence-electron chi connectivity index (χ3n) is 6.17. The molecule has 0 aromatic carbocycles. The van der Waals surface area contributed by atoms with Crippen LogP contribution in [0.3, 0.4) is 0 Å². The number of Topliss-reactive ketones (excluding diaryl/α,β-unsaturated/α-hetero) is 1. The molecule has 25 heavy (non-hydrogen) atoms. The van der Waals surface area contributed by atoms with Crippen molar-refractivity contribution in [2.75, 3.05) is 5.88 Å². The third-order valence-corrected chi connectivity index (χ3v) is 8.05. The lowest BCUT2D eigenvalue weighted by atomic mass is 9.55. The molecule has 0 bridgehead atoms. The van der Waals surface area contributed by atoms with Crippen LogP contribution in [0.15, 0.2) is 46.1 Å². The van der Waals surface area contributed by atoms with Crippen LogP contribution in [0.5, 0.6) is 0 Å². The Kier molecular flexibility index (Phi) is 4.09. The molecule has 2 unspecified atom stereocenters. The highest BCUT2D eigenvalue weighted by molar-refractivity contribution is 6.44. The first-order valence-electron chi connectivity index (χ1n) is 8.21. The summed E-state index contributed by atoms with van der Waals surface area (Å²) in [7, 11) is 0. The Bertz CT molecular complexity index is 821. The maximum absolute atomic E-state index is 13.0. The van der Waals surface area contributed by atoms with Gasteiger partial charge in [-0.15, -0.1) is 34.8 Å². The molecule has 6 heteroatoms. The summed E-state index contributed by atoms with van der Waals surface area (Å²) >= 11 is 25.7. The molecule has 0 fully saturated rings. The van der Waals surface area contributed by atoms with E-state index in [1.54, 1.807) is 18.2 Å². The molecule has 4 aliphatic rings. The summed E-state index contributed by atoms with van der Waals surface area (Å²) in [6.45, 7) is 1.98. The summed E-state index contributed by atoms with van der Waals surface area (Å²) in [4.78, 5) is 25.7. The molecule has 4 aliphatic carbocycles. The highest BCUT2D eigenvalue weighted by Gasteiger charge is 2.58. The molecule has 0 saturated heterocycles. The van der Waals surface area contributed by atoms with Crippen molar-refractivity contribution in [1.29, 1.82) is 0 Å². The average molecular weight is 418 g/mol. The minimum Gasteiger partial charge on any atom is -0.292 e. The second-order valence-electron chi connectivity index (χ2n) is 7.46. The van der Waals surface area contributed by atoms with Crippen molar-refractivity contribution in [3.8, 4) is 0 Å². The second-order valence-corrected chi connectivity index (χ2v) is 9.11. The number of hydrogen-bond acceptors (Lipinski definition) is 2. The van der Waals surface area contributed by atoms with E-state index in [0.717, 1.165) is 17.6 Å². The lowest BCUT2D eigenvalue weighted by molar-refractivity contribution is -0.122. The van der Waals surface area contributed by atoms with E-state index in [-0.39, 0.29) is 22.5 Å². The first-order valence-corrected chi connectivity index (χ1v) is 10.00. The number of fused-ring (bicyclic) bond motifs is 4. The van der Waals surface area contributed by atoms with Crippen molar-refractivity contribution >= 4 is 58.0 Å². The average Bonchev–Trinajstić information content (AvgIpc) is 2.81. The second kappa shape index (κ2) is 5.73. The van der Waals surface area contributed by atoms with Crippen LogP contribution in [0.25, 0.3) is 0 Å². The maximum atomic E-state index is 13.0. The molecule has 0 aliphatic heterocycles. The zero-order valence-corrected chi connectivity index (χ0v) is 16.5. The maximum Gasteiger partial charge on any atom is 0.182 e. The van der Waals surface area contributed by atoms with Gasteiger partial charge in [-0.25, -0.2) is 0 Å². The van der Waals surface area contributed by atoms with E-state index in [9.17, 15) is 9.59 Å². The van der Waals surface area contributed by atoms with Gasteiger partial charge >= 0.3 is 0 Å². The predicted molar refractivity (Wildman–Crippen MR) is 101 cm³/mol. The Labute approximate surface area is 166 Å². The third kappa shape index (κ3) is 2.18. The first kappa shape index (κ1) is 17.9. The Morgan fingerprint density at radius 1 is 1.28 bits per heavy atom. The molecule has 2 nitrogen and oxygen atoms in total. The van der Waals surface area contributed by atoms with Gasteiger partial charge in [-0.05, 0) is 30.1 Å². The van der Waals surface area contributed by atoms with Gasteiger partial charge in [-0.3, -0.25) is 9.59 Å². The summed E-state index contributed by atoms with van der Waals surface area (Å²) in [5.41, 5.74) is 1.03. The fraction of sp³-hybridized carbons (Fsp3) is 0.474. The van der Waals surface area contributed by atoms with Gasteiger partial charge in [-0.1, -0.05) is 36.8 Å². The van der Waals surface area contributed by atoms with E-state index in [1.807, 2.05) is 13.0 Å². The Balaban J connectivity index is 1.96. The van der Waals surface area contributed by atoms with E-state index in [2.05, 4.69) is 0 Å². The van der Waals surface area contributed by atoms with Crippen molar-refractivity contribution in [2.45, 2.75) is 30.5 Å². The van der Waals surface area contributed by atoms with E-state index in [0.29, 0.717) is 12.0 Å². The number of carbonyl (C=O) groups excluding carboxylic acids is 2. The molecule has 0 N–H and O–H groups in total. The van der Waals surface area contributed by atoms with E-state index < -0.39 is 27.5 Å². The fourth-order valence-electron chi connectivity index (χ4n) is 4.86. The van der Waals surface area contributed by atoms with Gasteiger partial charge in [0.05, 0.1) is 21.7 Å². The number of alkyl halides is 3. The number of carbonyl (C=O) groups is 2. The minimum absolute atomic E-state index is 0.142. The van der Waals surface area contributed by atoms with Crippen LogP contribution in [0.1, 0.15) is 19.8 Å². The molecule has 0 aromatic rings. The molecule has 0 amide bonds. The van der Waals surface area contributed by atoms with Gasteiger partial charge in [-0.2, -0.15) is 0 Å². The Hall–Kier alpha value is -0.540. The van der Waals surface area contributed by atoms with Crippen molar-refractivity contribution in [2.24, 2.45) is 16.7 Å². The van der Waals surface area contributed by atoms with Gasteiger partial charge in [0.1, 0.15) is 0 Å². The zero-order valence-electron chi connectivity index (χ0n) is 13.5. The van der Waals surface area contributed by atoms with Crippen LogP contribution in [0.2, 0.25) is 0 Å². The molecule has 5 atom stereocenters. The summed E-state index contributed by atoms with van der Waals surface area (Å²) in [6.07, 6.45) is 8.37. The summed E-state index contributed by atoms with van der Waals surface area (Å²) in [5.74, 6) is -0.675. The monoisotopic (exact) mass is 416 g/mol. The van der Waals surface area contributed by atoms with E-state index in [1.165, 1.54) is 0 Å². The van der Waals surface area contributed by atoms with Gasteiger partial charge in [0.15, 0.2) is 11.6 Å². The molecule has 0 heterocycles. The van der Waals surface area contributed by atoms with Crippen molar-refractivity contribution in [1.82, 2.24) is 0 Å². The van der Waals surface area contributed by atoms with E-state index >= 15 is 0 Å². The van der Waals surface area contributed by atoms with Gasteiger partial charge in [0.2, 0.25) is 0 Å². The summed E-state index contributed by atoms with van der Waals surface area (Å²) < 4.78 is 0. The molecular formula is C19H16Cl4O2. The van der Waals surface area contributed by atoms with E-state index in [4.69, 9.17) is 46.4 Å².